The molecule has 1 unspecified atom stereocenters. The topological polar surface area (TPSA) is 139 Å². The highest BCUT2D eigenvalue weighted by Crippen LogP contribution is 2.32. The first-order chi connectivity index (χ1) is 16.4. The maximum atomic E-state index is 12.3. The van der Waals surface area contributed by atoms with Gasteiger partial charge in [0.25, 0.3) is 23.6 Å². The average Bonchev–Trinajstić information content (AvgIpc) is 3.26. The van der Waals surface area contributed by atoms with Crippen molar-refractivity contribution in [1.29, 1.82) is 0 Å². The van der Waals surface area contributed by atoms with Crippen molar-refractivity contribution < 1.29 is 38.3 Å². The van der Waals surface area contributed by atoms with E-state index in [1.807, 2.05) is 27.7 Å². The Morgan fingerprint density at radius 2 is 1.60 bits per heavy atom. The minimum Gasteiger partial charge on any atom is -0.375 e. The van der Waals surface area contributed by atoms with Crippen LogP contribution in [0.3, 0.4) is 0 Å². The second-order valence-electron chi connectivity index (χ2n) is 9.76. The fraction of sp³-hybridized carbons (Fsp3) is 0.667. The molecule has 0 aromatic heterocycles. The van der Waals surface area contributed by atoms with E-state index in [1.165, 1.54) is 12.2 Å². The smallest absolute Gasteiger partial charge is 0.333 e. The van der Waals surface area contributed by atoms with Crippen LogP contribution in [0, 0.1) is 5.41 Å². The van der Waals surface area contributed by atoms with Crippen molar-refractivity contribution in [2.24, 2.45) is 5.41 Å². The zero-order valence-electron chi connectivity index (χ0n) is 20.9. The van der Waals surface area contributed by atoms with Crippen molar-refractivity contribution in [1.82, 2.24) is 15.3 Å². The van der Waals surface area contributed by atoms with E-state index in [2.05, 4.69) is 5.32 Å². The number of carbonyl (C=O) groups excluding carboxylic acids is 6. The van der Waals surface area contributed by atoms with E-state index in [0.717, 1.165) is 4.90 Å². The normalized spacial score (nSPS) is 17.8. The largest absolute Gasteiger partial charge is 0.375 e. The van der Waals surface area contributed by atoms with Gasteiger partial charge in [-0.1, -0.05) is 20.3 Å². The van der Waals surface area contributed by atoms with Crippen LogP contribution in [0.2, 0.25) is 0 Å². The number of hydrogen-bond acceptors (Lipinski definition) is 8. The van der Waals surface area contributed by atoms with E-state index in [-0.39, 0.29) is 38.1 Å². The second kappa shape index (κ2) is 12.1. The van der Waals surface area contributed by atoms with Gasteiger partial charge in [0.1, 0.15) is 0 Å². The number of hydroxylamine groups is 2. The first-order valence-corrected chi connectivity index (χ1v) is 11.9. The minimum absolute atomic E-state index is 0.0278. The molecule has 0 bridgehead atoms. The first kappa shape index (κ1) is 28.2. The van der Waals surface area contributed by atoms with Crippen LogP contribution in [0.5, 0.6) is 0 Å². The maximum Gasteiger partial charge on any atom is 0.333 e. The maximum absolute atomic E-state index is 12.3. The summed E-state index contributed by atoms with van der Waals surface area (Å²) in [7, 11) is 0. The number of carbonyl (C=O) groups is 6. The molecule has 1 atom stereocenters. The number of amides is 5. The summed E-state index contributed by atoms with van der Waals surface area (Å²) in [5, 5.41) is 3.33. The first-order valence-electron chi connectivity index (χ1n) is 11.9. The van der Waals surface area contributed by atoms with Crippen LogP contribution in [-0.2, 0) is 38.3 Å². The Hall–Kier alpha value is -3.08. The van der Waals surface area contributed by atoms with Gasteiger partial charge in [0.05, 0.1) is 12.0 Å². The van der Waals surface area contributed by atoms with Crippen LogP contribution < -0.4 is 5.32 Å². The molecule has 2 rings (SSSR count). The van der Waals surface area contributed by atoms with Gasteiger partial charge in [0.2, 0.25) is 5.91 Å². The highest BCUT2D eigenvalue weighted by molar-refractivity contribution is 6.13. The summed E-state index contributed by atoms with van der Waals surface area (Å²) in [5.74, 6) is -2.73. The molecule has 11 nitrogen and oxygen atoms in total. The van der Waals surface area contributed by atoms with E-state index in [1.54, 1.807) is 0 Å². The molecule has 11 heteroatoms. The van der Waals surface area contributed by atoms with Crippen molar-refractivity contribution in [2.75, 3.05) is 19.7 Å². The molecule has 0 saturated carbocycles. The van der Waals surface area contributed by atoms with Gasteiger partial charge in [-0.3, -0.25) is 28.9 Å². The van der Waals surface area contributed by atoms with E-state index in [9.17, 15) is 28.8 Å². The minimum atomic E-state index is -0.631. The summed E-state index contributed by atoms with van der Waals surface area (Å²) in [5.41, 5.74) is -0.978. The molecule has 2 aliphatic heterocycles. The summed E-state index contributed by atoms with van der Waals surface area (Å²) >= 11 is 0. The SMILES string of the molecule is CCC(C)(CCOC(C)(C)CCNC(=O)CCN1C(=O)C=CC1=O)CC(=O)ON1C(=O)CCC1=O. The van der Waals surface area contributed by atoms with Gasteiger partial charge in [0, 0.05) is 51.1 Å². The molecule has 1 fully saturated rings. The summed E-state index contributed by atoms with van der Waals surface area (Å²) in [4.78, 5) is 76.7. The molecule has 5 amide bonds. The Balaban J connectivity index is 1.68. The molecule has 35 heavy (non-hydrogen) atoms. The standard InChI is InChI=1S/C24H35N3O8/c1-5-24(4,16-22(33)35-27-20(31)8-9-21(27)32)12-15-34-23(2,3)11-13-25-17(28)10-14-26-18(29)6-7-19(26)30/h6-7H,5,8-16H2,1-4H3,(H,25,28). The Bertz CT molecular complexity index is 863. The number of imide groups is 2. The highest BCUT2D eigenvalue weighted by atomic mass is 16.7. The predicted octanol–water partition coefficient (Wildman–Crippen LogP) is 1.41. The van der Waals surface area contributed by atoms with Gasteiger partial charge < -0.3 is 14.9 Å². The molecule has 0 aromatic rings. The van der Waals surface area contributed by atoms with Crippen LogP contribution in [0.25, 0.3) is 0 Å². The van der Waals surface area contributed by atoms with Gasteiger partial charge in [-0.25, -0.2) is 4.79 Å². The second-order valence-corrected chi connectivity index (χ2v) is 9.76. The van der Waals surface area contributed by atoms with Crippen LogP contribution in [0.4, 0.5) is 0 Å². The van der Waals surface area contributed by atoms with E-state index in [4.69, 9.17) is 9.57 Å². The van der Waals surface area contributed by atoms with Gasteiger partial charge >= 0.3 is 5.97 Å². The lowest BCUT2D eigenvalue weighted by molar-refractivity contribution is -0.199. The van der Waals surface area contributed by atoms with Gasteiger partial charge in [-0.15, -0.1) is 5.06 Å². The van der Waals surface area contributed by atoms with Gasteiger partial charge in [-0.05, 0) is 32.1 Å². The molecule has 1 N–H and O–H groups in total. The Kier molecular flexibility index (Phi) is 9.70. The molecule has 2 aliphatic rings. The van der Waals surface area contributed by atoms with E-state index < -0.39 is 40.6 Å². The quantitative estimate of drug-likeness (QED) is 0.358. The number of nitrogens with one attached hydrogen (secondary N) is 1. The van der Waals surface area contributed by atoms with Gasteiger partial charge in [0.15, 0.2) is 0 Å². The Labute approximate surface area is 205 Å². The summed E-state index contributed by atoms with van der Waals surface area (Å²) in [6.07, 6.45) is 4.29. The lowest BCUT2D eigenvalue weighted by Crippen LogP contribution is -2.37. The van der Waals surface area contributed by atoms with Crippen molar-refractivity contribution in [3.05, 3.63) is 12.2 Å². The molecule has 0 aliphatic carbocycles. The van der Waals surface area contributed by atoms with Crippen molar-refractivity contribution in [3.8, 4) is 0 Å². The van der Waals surface area contributed by atoms with E-state index >= 15 is 0 Å². The molecular weight excluding hydrogens is 458 g/mol. The monoisotopic (exact) mass is 493 g/mol. The Morgan fingerprint density at radius 3 is 2.17 bits per heavy atom. The lowest BCUT2D eigenvalue weighted by atomic mass is 9.81. The highest BCUT2D eigenvalue weighted by Gasteiger charge is 2.35. The number of nitrogens with zero attached hydrogens (tertiary/aromatic N) is 2. The van der Waals surface area contributed by atoms with Crippen molar-refractivity contribution >= 4 is 35.5 Å². The molecule has 0 spiro atoms. The third kappa shape index (κ3) is 8.57. The van der Waals surface area contributed by atoms with Crippen LogP contribution in [0.15, 0.2) is 12.2 Å². The van der Waals surface area contributed by atoms with Crippen LogP contribution in [0.1, 0.15) is 72.6 Å². The zero-order chi connectivity index (χ0) is 26.2. The number of ether oxygens (including phenoxy) is 1. The predicted molar refractivity (Wildman–Crippen MR) is 123 cm³/mol. The molecule has 1 saturated heterocycles. The summed E-state index contributed by atoms with van der Waals surface area (Å²) < 4.78 is 6.00. The number of hydrogen-bond donors (Lipinski definition) is 1. The molecule has 0 radical (unpaired) electrons. The van der Waals surface area contributed by atoms with Crippen molar-refractivity contribution in [3.63, 3.8) is 0 Å². The zero-order valence-corrected chi connectivity index (χ0v) is 20.9. The summed E-state index contributed by atoms with van der Waals surface area (Å²) in [6, 6.07) is 0. The van der Waals surface area contributed by atoms with Gasteiger partial charge in [-0.2, -0.15) is 0 Å². The third-order valence-corrected chi connectivity index (χ3v) is 6.33. The molecular formula is C24H35N3O8. The average molecular weight is 494 g/mol. The van der Waals surface area contributed by atoms with E-state index in [0.29, 0.717) is 37.5 Å². The fourth-order valence-electron chi connectivity index (χ4n) is 3.63. The van der Waals surface area contributed by atoms with Crippen LogP contribution in [-0.4, -0.2) is 70.8 Å². The fourth-order valence-corrected chi connectivity index (χ4v) is 3.63. The van der Waals surface area contributed by atoms with Crippen LogP contribution >= 0.6 is 0 Å². The lowest BCUT2D eigenvalue weighted by Gasteiger charge is -2.31. The molecule has 2 heterocycles. The Morgan fingerprint density at radius 1 is 1.00 bits per heavy atom. The third-order valence-electron chi connectivity index (χ3n) is 6.33. The molecule has 194 valence electrons. The molecule has 0 aromatic carbocycles. The number of rotatable bonds is 14. The summed E-state index contributed by atoms with van der Waals surface area (Å²) in [6.45, 7) is 8.43. The van der Waals surface area contributed by atoms with Crippen molar-refractivity contribution in [2.45, 2.75) is 78.2 Å².